The molecule has 8 nitrogen and oxygen atoms in total. The fraction of sp³-hybridized carbons (Fsp3) is 0.381. The molecule has 0 saturated heterocycles. The number of ether oxygens (including phenoxy) is 3. The van der Waals surface area contributed by atoms with E-state index in [1.807, 2.05) is 0 Å². The van der Waals surface area contributed by atoms with Crippen LogP contribution in [0.4, 0.5) is 14.5 Å². The highest BCUT2D eigenvalue weighted by Crippen LogP contribution is 2.34. The maximum atomic E-state index is 12.9. The summed E-state index contributed by atoms with van der Waals surface area (Å²) in [6.07, 6.45) is 0. The van der Waals surface area contributed by atoms with Crippen LogP contribution in [0.3, 0.4) is 0 Å². The zero-order valence-corrected chi connectivity index (χ0v) is 19.0. The molecule has 0 unspecified atom stereocenters. The van der Waals surface area contributed by atoms with E-state index in [2.05, 4.69) is 10.1 Å². The van der Waals surface area contributed by atoms with E-state index in [0.717, 1.165) is 0 Å². The van der Waals surface area contributed by atoms with Crippen LogP contribution in [0.25, 0.3) is 0 Å². The summed E-state index contributed by atoms with van der Waals surface area (Å²) in [5.41, 5.74) is -0.153. The van der Waals surface area contributed by atoms with Crippen molar-refractivity contribution in [3.63, 3.8) is 0 Å². The van der Waals surface area contributed by atoms with Crippen LogP contribution in [0, 0.1) is 0 Å². The molecule has 0 aromatic heterocycles. The monoisotopic (exact) mass is 472 g/mol. The Morgan fingerprint density at radius 1 is 1.09 bits per heavy atom. The van der Waals surface area contributed by atoms with Crippen LogP contribution < -0.4 is 19.5 Å². The highest BCUT2D eigenvalue weighted by atomic mass is 32.2. The standard InChI is InChI=1S/C21H26F2N2O6S/c1-5-25(6-2)32(27,28)14-11-12-17(30-7-3)16(13-14)24-20(26)15-9-8-10-18(29-4)19(15)31-21(22)23/h8-13,21H,5-7H2,1-4H3,(H,24,26). The minimum atomic E-state index is -3.81. The number of hydrogen-bond donors (Lipinski definition) is 1. The normalized spacial score (nSPS) is 11.5. The van der Waals surface area contributed by atoms with E-state index < -0.39 is 28.3 Å². The van der Waals surface area contributed by atoms with E-state index in [1.165, 1.54) is 47.8 Å². The number of methoxy groups -OCH3 is 1. The van der Waals surface area contributed by atoms with Crippen molar-refractivity contribution < 1.29 is 36.2 Å². The molecule has 0 spiro atoms. The number of benzene rings is 2. The molecule has 0 saturated carbocycles. The third-order valence-corrected chi connectivity index (χ3v) is 6.54. The molecule has 0 fully saturated rings. The van der Waals surface area contributed by atoms with E-state index >= 15 is 0 Å². The Hall–Kier alpha value is -2.92. The van der Waals surface area contributed by atoms with Crippen LogP contribution in [0.5, 0.6) is 17.2 Å². The largest absolute Gasteiger partial charge is 0.493 e. The number of anilines is 1. The SMILES string of the molecule is CCOc1ccc(S(=O)(=O)N(CC)CC)cc1NC(=O)c1cccc(OC)c1OC(F)F. The summed E-state index contributed by atoms with van der Waals surface area (Å²) in [4.78, 5) is 12.9. The predicted octanol–water partition coefficient (Wildman–Crippen LogP) is 3.98. The molecule has 1 N–H and O–H groups in total. The van der Waals surface area contributed by atoms with Gasteiger partial charge in [-0.3, -0.25) is 4.79 Å². The second-order valence-electron chi connectivity index (χ2n) is 6.35. The molecule has 2 rings (SSSR count). The van der Waals surface area contributed by atoms with Gasteiger partial charge in [0, 0.05) is 13.1 Å². The van der Waals surface area contributed by atoms with Gasteiger partial charge in [0.15, 0.2) is 11.5 Å². The average molecular weight is 473 g/mol. The molecule has 32 heavy (non-hydrogen) atoms. The summed E-state index contributed by atoms with van der Waals surface area (Å²) in [6.45, 7) is 2.77. The zero-order valence-electron chi connectivity index (χ0n) is 18.2. The second kappa shape index (κ2) is 11.1. The zero-order chi connectivity index (χ0) is 23.9. The first-order valence-electron chi connectivity index (χ1n) is 9.89. The van der Waals surface area contributed by atoms with E-state index in [4.69, 9.17) is 9.47 Å². The van der Waals surface area contributed by atoms with Crippen LogP contribution in [-0.4, -0.2) is 52.0 Å². The van der Waals surface area contributed by atoms with Gasteiger partial charge in [0.25, 0.3) is 5.91 Å². The van der Waals surface area contributed by atoms with Crippen molar-refractivity contribution in [2.45, 2.75) is 32.3 Å². The van der Waals surface area contributed by atoms with Crippen molar-refractivity contribution in [1.82, 2.24) is 4.31 Å². The minimum Gasteiger partial charge on any atom is -0.493 e. The molecule has 0 radical (unpaired) electrons. The number of hydrogen-bond acceptors (Lipinski definition) is 6. The van der Waals surface area contributed by atoms with Crippen molar-refractivity contribution in [3.8, 4) is 17.2 Å². The number of rotatable bonds is 11. The fourth-order valence-corrected chi connectivity index (χ4v) is 4.50. The van der Waals surface area contributed by atoms with Crippen LogP contribution in [0.2, 0.25) is 0 Å². The van der Waals surface area contributed by atoms with Gasteiger partial charge >= 0.3 is 6.61 Å². The summed E-state index contributed by atoms with van der Waals surface area (Å²) < 4.78 is 67.8. The van der Waals surface area contributed by atoms with Gasteiger partial charge in [-0.1, -0.05) is 19.9 Å². The number of carbonyl (C=O) groups excluding carboxylic acids is 1. The smallest absolute Gasteiger partial charge is 0.387 e. The van der Waals surface area contributed by atoms with Crippen molar-refractivity contribution in [2.75, 3.05) is 32.1 Å². The quantitative estimate of drug-likeness (QED) is 0.532. The second-order valence-corrected chi connectivity index (χ2v) is 8.29. The van der Waals surface area contributed by atoms with Crippen LogP contribution in [0.15, 0.2) is 41.3 Å². The summed E-state index contributed by atoms with van der Waals surface area (Å²) in [5.74, 6) is -1.08. The molecule has 0 bridgehead atoms. The van der Waals surface area contributed by atoms with Crippen LogP contribution in [-0.2, 0) is 10.0 Å². The number of nitrogens with one attached hydrogen (secondary N) is 1. The number of alkyl halides is 2. The van der Waals surface area contributed by atoms with Gasteiger partial charge in [-0.25, -0.2) is 8.42 Å². The molecule has 0 aliphatic heterocycles. The first kappa shape index (κ1) is 25.3. The minimum absolute atomic E-state index is 0.0466. The van der Waals surface area contributed by atoms with Gasteiger partial charge in [-0.15, -0.1) is 0 Å². The molecule has 0 atom stereocenters. The number of amides is 1. The molecule has 2 aromatic carbocycles. The van der Waals surface area contributed by atoms with Gasteiger partial charge in [0.1, 0.15) is 5.75 Å². The van der Waals surface area contributed by atoms with Crippen LogP contribution in [0.1, 0.15) is 31.1 Å². The molecule has 0 aliphatic carbocycles. The topological polar surface area (TPSA) is 94.2 Å². The Kier molecular flexibility index (Phi) is 8.79. The molecular formula is C21H26F2N2O6S. The lowest BCUT2D eigenvalue weighted by atomic mass is 10.1. The molecular weight excluding hydrogens is 446 g/mol. The average Bonchev–Trinajstić information content (AvgIpc) is 2.75. The third kappa shape index (κ3) is 5.65. The van der Waals surface area contributed by atoms with Crippen molar-refractivity contribution in [2.24, 2.45) is 0 Å². The number of para-hydroxylation sites is 1. The van der Waals surface area contributed by atoms with E-state index in [0.29, 0.717) is 0 Å². The van der Waals surface area contributed by atoms with Gasteiger partial charge in [0.2, 0.25) is 10.0 Å². The molecule has 2 aromatic rings. The highest BCUT2D eigenvalue weighted by molar-refractivity contribution is 7.89. The Balaban J connectivity index is 2.51. The van der Waals surface area contributed by atoms with Gasteiger partial charge in [-0.05, 0) is 37.3 Å². The van der Waals surface area contributed by atoms with E-state index in [9.17, 15) is 22.0 Å². The summed E-state index contributed by atoms with van der Waals surface area (Å²) >= 11 is 0. The maximum Gasteiger partial charge on any atom is 0.387 e. The van der Waals surface area contributed by atoms with Gasteiger partial charge in [0.05, 0.1) is 29.9 Å². The number of carbonyl (C=O) groups is 1. The van der Waals surface area contributed by atoms with E-state index in [1.54, 1.807) is 20.8 Å². The molecule has 176 valence electrons. The summed E-state index contributed by atoms with van der Waals surface area (Å²) in [7, 11) is -2.55. The summed E-state index contributed by atoms with van der Waals surface area (Å²) in [5, 5.41) is 2.54. The molecule has 0 aliphatic rings. The van der Waals surface area contributed by atoms with Crippen molar-refractivity contribution in [3.05, 3.63) is 42.0 Å². The Morgan fingerprint density at radius 2 is 1.78 bits per heavy atom. The first-order chi connectivity index (χ1) is 15.2. The Morgan fingerprint density at radius 3 is 2.34 bits per heavy atom. The Bertz CT molecular complexity index is 1040. The fourth-order valence-electron chi connectivity index (χ4n) is 3.02. The van der Waals surface area contributed by atoms with E-state index in [-0.39, 0.29) is 47.3 Å². The Labute approximate surface area is 186 Å². The van der Waals surface area contributed by atoms with Crippen molar-refractivity contribution >= 4 is 21.6 Å². The lowest BCUT2D eigenvalue weighted by Crippen LogP contribution is -2.30. The number of sulfonamides is 1. The third-order valence-electron chi connectivity index (χ3n) is 4.49. The summed E-state index contributed by atoms with van der Waals surface area (Å²) in [6, 6.07) is 8.17. The first-order valence-corrected chi connectivity index (χ1v) is 11.3. The molecule has 0 heterocycles. The van der Waals surface area contributed by atoms with Gasteiger partial charge < -0.3 is 19.5 Å². The highest BCUT2D eigenvalue weighted by Gasteiger charge is 2.25. The molecule has 11 heteroatoms. The molecule has 1 amide bonds. The van der Waals surface area contributed by atoms with Crippen molar-refractivity contribution in [1.29, 1.82) is 0 Å². The van der Waals surface area contributed by atoms with Gasteiger partial charge in [-0.2, -0.15) is 13.1 Å². The number of nitrogens with zero attached hydrogens (tertiary/aromatic N) is 1. The number of halogens is 2. The lowest BCUT2D eigenvalue weighted by molar-refractivity contribution is -0.0515. The lowest BCUT2D eigenvalue weighted by Gasteiger charge is -2.20. The maximum absolute atomic E-state index is 12.9. The van der Waals surface area contributed by atoms with Crippen LogP contribution >= 0.6 is 0 Å². The predicted molar refractivity (Wildman–Crippen MR) is 115 cm³/mol.